The van der Waals surface area contributed by atoms with E-state index >= 15 is 0 Å². The molecule has 0 aromatic heterocycles. The number of hydrogen-bond donors (Lipinski definition) is 5. The maximum atomic E-state index is 14.1. The zero-order valence-electron chi connectivity index (χ0n) is 27.5. The summed E-state index contributed by atoms with van der Waals surface area (Å²) in [5.74, 6) is -3.55. The lowest BCUT2D eigenvalue weighted by molar-refractivity contribution is -0.141. The van der Waals surface area contributed by atoms with E-state index in [1.165, 1.54) is 34.8 Å². The molecule has 3 rings (SSSR count). The number of nitrogens with one attached hydrogen (secondary N) is 5. The molecule has 3 aromatic carbocycles. The summed E-state index contributed by atoms with van der Waals surface area (Å²) in [6.07, 6.45) is -0.833. The van der Waals surface area contributed by atoms with Crippen LogP contribution < -0.4 is 26.6 Å². The van der Waals surface area contributed by atoms with Gasteiger partial charge in [-0.2, -0.15) is 0 Å². The quantitative estimate of drug-likeness (QED) is 0.163. The Hall–Kier alpha value is -5.72. The predicted molar refractivity (Wildman–Crippen MR) is 176 cm³/mol. The van der Waals surface area contributed by atoms with Gasteiger partial charge in [0.1, 0.15) is 24.2 Å². The Morgan fingerprint density at radius 2 is 1.06 bits per heavy atom. The average Bonchev–Trinajstić information content (AvgIpc) is 3.08. The van der Waals surface area contributed by atoms with Crippen LogP contribution in [0.25, 0.3) is 0 Å². The number of benzene rings is 3. The molecule has 5 amide bonds. The summed E-state index contributed by atoms with van der Waals surface area (Å²) in [5, 5.41) is 12.9. The zero-order chi connectivity index (χ0) is 35.4. The van der Waals surface area contributed by atoms with Gasteiger partial charge in [0.05, 0.1) is 13.7 Å². The lowest BCUT2D eigenvalue weighted by Crippen LogP contribution is -2.66. The highest BCUT2D eigenvalue weighted by atomic mass is 16.5. The van der Waals surface area contributed by atoms with E-state index < -0.39 is 65.4 Å². The zero-order valence-corrected chi connectivity index (χ0v) is 27.5. The maximum Gasteiger partial charge on any atom is 0.408 e. The van der Waals surface area contributed by atoms with Crippen LogP contribution in [0.5, 0.6) is 0 Å². The van der Waals surface area contributed by atoms with Crippen LogP contribution in [0.3, 0.4) is 0 Å². The second-order valence-corrected chi connectivity index (χ2v) is 11.9. The summed E-state index contributed by atoms with van der Waals surface area (Å²) in [6, 6.07) is 25.8. The van der Waals surface area contributed by atoms with Crippen molar-refractivity contribution in [2.45, 2.75) is 50.9 Å². The molecule has 0 radical (unpaired) electrons. The molecule has 0 atom stereocenters. The molecule has 254 valence electrons. The van der Waals surface area contributed by atoms with E-state index in [1.807, 2.05) is 6.07 Å². The minimum absolute atomic E-state index is 0.00563. The molecular formula is C35H41N5O8. The highest BCUT2D eigenvalue weighted by Gasteiger charge is 2.47. The first-order chi connectivity index (χ1) is 22.7. The van der Waals surface area contributed by atoms with Crippen LogP contribution in [0.15, 0.2) is 91.0 Å². The third kappa shape index (κ3) is 9.64. The van der Waals surface area contributed by atoms with Gasteiger partial charge in [0.15, 0.2) is 5.54 Å². The molecule has 0 aliphatic carbocycles. The van der Waals surface area contributed by atoms with Crippen LogP contribution in [0.2, 0.25) is 0 Å². The Kier molecular flexibility index (Phi) is 12.4. The highest BCUT2D eigenvalue weighted by Crippen LogP contribution is 2.31. The fourth-order valence-corrected chi connectivity index (χ4v) is 4.50. The van der Waals surface area contributed by atoms with E-state index in [2.05, 4.69) is 31.3 Å². The summed E-state index contributed by atoms with van der Waals surface area (Å²) in [4.78, 5) is 78.1. The molecule has 0 aliphatic heterocycles. The van der Waals surface area contributed by atoms with E-state index in [-0.39, 0.29) is 6.61 Å². The van der Waals surface area contributed by atoms with Gasteiger partial charge in [-0.3, -0.25) is 24.0 Å². The van der Waals surface area contributed by atoms with Crippen molar-refractivity contribution in [3.8, 4) is 0 Å². The number of hydrogen-bond acceptors (Lipinski definition) is 8. The number of alkyl carbamates (subject to hydrolysis) is 1. The minimum atomic E-state index is -1.88. The number of carbonyl (C=O) groups excluding carboxylic acids is 6. The first-order valence-electron chi connectivity index (χ1n) is 15.1. The van der Waals surface area contributed by atoms with Crippen LogP contribution in [0, 0.1) is 0 Å². The number of carbonyl (C=O) groups is 6. The normalized spacial score (nSPS) is 11.4. The molecule has 13 nitrogen and oxygen atoms in total. The van der Waals surface area contributed by atoms with Gasteiger partial charge in [0.2, 0.25) is 17.7 Å². The Morgan fingerprint density at radius 1 is 0.583 bits per heavy atom. The van der Waals surface area contributed by atoms with Crippen molar-refractivity contribution in [2.75, 3.05) is 20.2 Å². The molecule has 0 fully saturated rings. The topological polar surface area (TPSA) is 181 Å². The second kappa shape index (κ2) is 16.2. The van der Waals surface area contributed by atoms with Gasteiger partial charge >= 0.3 is 12.1 Å². The predicted octanol–water partition coefficient (Wildman–Crippen LogP) is 2.05. The van der Waals surface area contributed by atoms with Crippen molar-refractivity contribution >= 4 is 35.7 Å². The van der Waals surface area contributed by atoms with E-state index in [0.717, 1.165) is 5.56 Å². The van der Waals surface area contributed by atoms with Crippen molar-refractivity contribution in [1.82, 2.24) is 26.6 Å². The summed E-state index contributed by atoms with van der Waals surface area (Å²) in [6.45, 7) is 4.88. The SMILES string of the molecule is COC(=O)CNC(=O)CNC(=O)C(NC(=O)C(C)(C)NC(=O)C(C)(C)NC(=O)OCc1ccccc1)(c1ccccc1)c1ccccc1. The van der Waals surface area contributed by atoms with Crippen molar-refractivity contribution in [3.05, 3.63) is 108 Å². The fourth-order valence-electron chi connectivity index (χ4n) is 4.50. The number of esters is 1. The van der Waals surface area contributed by atoms with E-state index in [9.17, 15) is 28.8 Å². The average molecular weight is 660 g/mol. The van der Waals surface area contributed by atoms with Crippen LogP contribution in [-0.4, -0.2) is 67.0 Å². The molecule has 48 heavy (non-hydrogen) atoms. The van der Waals surface area contributed by atoms with Gasteiger partial charge < -0.3 is 36.1 Å². The fraction of sp³-hybridized carbons (Fsp3) is 0.314. The third-order valence-electron chi connectivity index (χ3n) is 7.31. The highest BCUT2D eigenvalue weighted by molar-refractivity contribution is 6.01. The molecule has 13 heteroatoms. The van der Waals surface area contributed by atoms with Crippen molar-refractivity contribution < 1.29 is 38.2 Å². The van der Waals surface area contributed by atoms with Gasteiger partial charge in [-0.05, 0) is 44.4 Å². The molecule has 0 saturated carbocycles. The Morgan fingerprint density at radius 3 is 1.58 bits per heavy atom. The first kappa shape index (κ1) is 36.7. The molecule has 0 heterocycles. The van der Waals surface area contributed by atoms with Gasteiger partial charge in [-0.15, -0.1) is 0 Å². The first-order valence-corrected chi connectivity index (χ1v) is 15.1. The number of ether oxygens (including phenoxy) is 2. The molecule has 3 aromatic rings. The van der Waals surface area contributed by atoms with Crippen LogP contribution in [-0.2, 0) is 45.6 Å². The summed E-state index contributed by atoms with van der Waals surface area (Å²) in [5.41, 5.74) is -3.52. The Balaban J connectivity index is 1.84. The van der Waals surface area contributed by atoms with Crippen LogP contribution in [0.4, 0.5) is 4.79 Å². The molecule has 0 unspecified atom stereocenters. The van der Waals surface area contributed by atoms with Gasteiger partial charge in [-0.25, -0.2) is 4.79 Å². The molecule has 0 aliphatic rings. The minimum Gasteiger partial charge on any atom is -0.468 e. The molecular weight excluding hydrogens is 618 g/mol. The molecule has 0 saturated heterocycles. The largest absolute Gasteiger partial charge is 0.468 e. The van der Waals surface area contributed by atoms with Crippen molar-refractivity contribution in [3.63, 3.8) is 0 Å². The summed E-state index contributed by atoms with van der Waals surface area (Å²) in [7, 11) is 1.18. The van der Waals surface area contributed by atoms with Crippen molar-refractivity contribution in [1.29, 1.82) is 0 Å². The maximum absolute atomic E-state index is 14.1. The number of methoxy groups -OCH3 is 1. The standard InChI is InChI=1S/C35H41N5O8/c1-33(2,38-29(43)34(3,4)40-32(46)48-23-24-15-9-6-10-16-24)30(44)39-35(25-17-11-7-12-18-25,26-19-13-8-14-20-26)31(45)37-21-27(41)36-22-28(42)47-5/h6-20H,21-23H2,1-5H3,(H,36,41)(H,37,45)(H,38,43)(H,39,44)(H,40,46). The van der Waals surface area contributed by atoms with Crippen LogP contribution in [0.1, 0.15) is 44.4 Å². The second-order valence-electron chi connectivity index (χ2n) is 11.9. The van der Waals surface area contributed by atoms with Gasteiger partial charge in [0, 0.05) is 0 Å². The molecule has 0 spiro atoms. The van der Waals surface area contributed by atoms with Gasteiger partial charge in [0.25, 0.3) is 5.91 Å². The Bertz CT molecular complexity index is 1560. The van der Waals surface area contributed by atoms with Gasteiger partial charge in [-0.1, -0.05) is 91.0 Å². The Labute approximate surface area is 279 Å². The van der Waals surface area contributed by atoms with Crippen LogP contribution >= 0.6 is 0 Å². The number of rotatable bonds is 14. The third-order valence-corrected chi connectivity index (χ3v) is 7.31. The smallest absolute Gasteiger partial charge is 0.408 e. The monoisotopic (exact) mass is 659 g/mol. The lowest BCUT2D eigenvalue weighted by Gasteiger charge is -2.38. The van der Waals surface area contributed by atoms with E-state index in [0.29, 0.717) is 11.1 Å². The molecule has 5 N–H and O–H groups in total. The summed E-state index contributed by atoms with van der Waals surface area (Å²) < 4.78 is 9.77. The van der Waals surface area contributed by atoms with E-state index in [1.54, 1.807) is 84.9 Å². The molecule has 0 bridgehead atoms. The van der Waals surface area contributed by atoms with Crippen molar-refractivity contribution in [2.24, 2.45) is 0 Å². The number of amides is 5. The summed E-state index contributed by atoms with van der Waals surface area (Å²) >= 11 is 0. The van der Waals surface area contributed by atoms with E-state index in [4.69, 9.17) is 4.74 Å². The lowest BCUT2D eigenvalue weighted by atomic mass is 9.80.